The predicted molar refractivity (Wildman–Crippen MR) is 86.1 cm³/mol. The summed E-state index contributed by atoms with van der Waals surface area (Å²) < 4.78 is 10.8. The van der Waals surface area contributed by atoms with Gasteiger partial charge < -0.3 is 9.47 Å². The maximum atomic E-state index is 12.2. The van der Waals surface area contributed by atoms with Gasteiger partial charge in [0.15, 0.2) is 0 Å². The summed E-state index contributed by atoms with van der Waals surface area (Å²) in [6, 6.07) is 21.3. The van der Waals surface area contributed by atoms with Crippen LogP contribution in [0, 0.1) is 0 Å². The molecule has 3 aromatic rings. The zero-order valence-electron chi connectivity index (χ0n) is 12.3. The summed E-state index contributed by atoms with van der Waals surface area (Å²) in [6.07, 6.45) is 0. The zero-order chi connectivity index (χ0) is 15.4. The van der Waals surface area contributed by atoms with Gasteiger partial charge in [0.05, 0.1) is 7.11 Å². The molecule has 0 saturated carbocycles. The molecule has 110 valence electrons. The number of esters is 1. The first kappa shape index (κ1) is 14.1. The monoisotopic (exact) mass is 292 g/mol. The van der Waals surface area contributed by atoms with Crippen molar-refractivity contribution < 1.29 is 14.3 Å². The fourth-order valence-electron chi connectivity index (χ4n) is 2.42. The normalized spacial score (nSPS) is 10.4. The average Bonchev–Trinajstić information content (AvgIpc) is 2.59. The Bertz CT molecular complexity index is 794. The van der Waals surface area contributed by atoms with Crippen molar-refractivity contribution in [1.29, 1.82) is 0 Å². The molecule has 0 unspecified atom stereocenters. The van der Waals surface area contributed by atoms with Gasteiger partial charge in [0.25, 0.3) is 0 Å². The Morgan fingerprint density at radius 2 is 1.64 bits per heavy atom. The number of hydrogen-bond donors (Lipinski definition) is 0. The van der Waals surface area contributed by atoms with Crippen LogP contribution in [-0.4, -0.2) is 13.1 Å². The van der Waals surface area contributed by atoms with Gasteiger partial charge in [-0.1, -0.05) is 60.7 Å². The minimum absolute atomic E-state index is 0.389. The number of rotatable bonds is 4. The number of carbonyl (C=O) groups is 1. The van der Waals surface area contributed by atoms with Crippen LogP contribution in [0.15, 0.2) is 66.7 Å². The third kappa shape index (κ3) is 2.79. The average molecular weight is 292 g/mol. The van der Waals surface area contributed by atoms with Crippen LogP contribution in [0.1, 0.15) is 15.9 Å². The van der Waals surface area contributed by atoms with Crippen LogP contribution in [0.3, 0.4) is 0 Å². The largest absolute Gasteiger partial charge is 0.488 e. The third-order valence-electron chi connectivity index (χ3n) is 3.52. The lowest BCUT2D eigenvalue weighted by molar-refractivity contribution is 0.0598. The topological polar surface area (TPSA) is 35.5 Å². The molecule has 3 heteroatoms. The van der Waals surface area contributed by atoms with Crippen molar-refractivity contribution in [3.63, 3.8) is 0 Å². The van der Waals surface area contributed by atoms with Crippen LogP contribution in [0.2, 0.25) is 0 Å². The Hall–Kier alpha value is -2.81. The van der Waals surface area contributed by atoms with Crippen LogP contribution in [0.4, 0.5) is 0 Å². The van der Waals surface area contributed by atoms with E-state index in [0.29, 0.717) is 17.9 Å². The molecule has 0 aliphatic rings. The highest BCUT2D eigenvalue weighted by Crippen LogP contribution is 2.29. The van der Waals surface area contributed by atoms with Gasteiger partial charge in [-0.2, -0.15) is 0 Å². The van der Waals surface area contributed by atoms with E-state index in [9.17, 15) is 4.79 Å². The van der Waals surface area contributed by atoms with Gasteiger partial charge in [-0.3, -0.25) is 0 Å². The maximum absolute atomic E-state index is 12.2. The Balaban J connectivity index is 1.99. The van der Waals surface area contributed by atoms with Crippen molar-refractivity contribution in [1.82, 2.24) is 0 Å². The molecular formula is C19H16O3. The molecule has 22 heavy (non-hydrogen) atoms. The second-order valence-electron chi connectivity index (χ2n) is 4.93. The molecule has 3 rings (SSSR count). The molecule has 0 heterocycles. The van der Waals surface area contributed by atoms with Gasteiger partial charge in [0, 0.05) is 0 Å². The van der Waals surface area contributed by atoms with Gasteiger partial charge in [-0.15, -0.1) is 0 Å². The van der Waals surface area contributed by atoms with Gasteiger partial charge >= 0.3 is 5.97 Å². The first-order valence-electron chi connectivity index (χ1n) is 7.06. The summed E-state index contributed by atoms with van der Waals surface area (Å²) in [4.78, 5) is 12.2. The second-order valence-corrected chi connectivity index (χ2v) is 4.93. The van der Waals surface area contributed by atoms with E-state index in [1.807, 2.05) is 66.7 Å². The van der Waals surface area contributed by atoms with Crippen LogP contribution in [0.25, 0.3) is 10.8 Å². The summed E-state index contributed by atoms with van der Waals surface area (Å²) in [5.41, 5.74) is 1.52. The molecular weight excluding hydrogens is 276 g/mol. The SMILES string of the molecule is COC(=O)c1c(OCc2ccccc2)ccc2ccccc12. The van der Waals surface area contributed by atoms with Gasteiger partial charge in [0.1, 0.15) is 17.9 Å². The lowest BCUT2D eigenvalue weighted by Crippen LogP contribution is -2.06. The number of carbonyl (C=O) groups excluding carboxylic acids is 1. The standard InChI is InChI=1S/C19H16O3/c1-21-19(20)18-16-10-6-5-9-15(16)11-12-17(18)22-13-14-7-3-2-4-8-14/h2-12H,13H2,1H3. The molecule has 0 amide bonds. The van der Waals surface area contributed by atoms with E-state index in [-0.39, 0.29) is 5.97 Å². The lowest BCUT2D eigenvalue weighted by Gasteiger charge is -2.13. The number of hydrogen-bond acceptors (Lipinski definition) is 3. The van der Waals surface area contributed by atoms with Crippen LogP contribution >= 0.6 is 0 Å². The molecule has 0 radical (unpaired) electrons. The van der Waals surface area contributed by atoms with Crippen LogP contribution < -0.4 is 4.74 Å². The highest BCUT2D eigenvalue weighted by molar-refractivity contribution is 6.07. The van der Waals surface area contributed by atoms with E-state index < -0.39 is 0 Å². The fourth-order valence-corrected chi connectivity index (χ4v) is 2.42. The van der Waals surface area contributed by atoms with Crippen molar-refractivity contribution in [2.24, 2.45) is 0 Å². The highest BCUT2D eigenvalue weighted by Gasteiger charge is 2.17. The predicted octanol–water partition coefficient (Wildman–Crippen LogP) is 4.21. The Morgan fingerprint density at radius 1 is 0.909 bits per heavy atom. The molecule has 3 nitrogen and oxygen atoms in total. The molecule has 0 aliphatic heterocycles. The van der Waals surface area contributed by atoms with Crippen molar-refractivity contribution in [3.05, 3.63) is 77.9 Å². The van der Waals surface area contributed by atoms with E-state index >= 15 is 0 Å². The number of benzene rings is 3. The summed E-state index contributed by atoms with van der Waals surface area (Å²) in [5, 5.41) is 1.81. The van der Waals surface area contributed by atoms with E-state index in [1.165, 1.54) is 7.11 Å². The first-order valence-corrected chi connectivity index (χ1v) is 7.06. The molecule has 0 atom stereocenters. The molecule has 0 aromatic heterocycles. The Morgan fingerprint density at radius 3 is 2.41 bits per heavy atom. The zero-order valence-corrected chi connectivity index (χ0v) is 12.3. The van der Waals surface area contributed by atoms with Crippen molar-refractivity contribution in [2.75, 3.05) is 7.11 Å². The van der Waals surface area contributed by atoms with Gasteiger partial charge in [-0.25, -0.2) is 4.79 Å². The van der Waals surface area contributed by atoms with Gasteiger partial charge in [0.2, 0.25) is 0 Å². The summed E-state index contributed by atoms with van der Waals surface area (Å²) in [7, 11) is 1.38. The molecule has 0 N–H and O–H groups in total. The number of fused-ring (bicyclic) bond motifs is 1. The second kappa shape index (κ2) is 6.31. The number of ether oxygens (including phenoxy) is 2. The lowest BCUT2D eigenvalue weighted by atomic mass is 10.0. The van der Waals surface area contributed by atoms with Gasteiger partial charge in [-0.05, 0) is 22.4 Å². The summed E-state index contributed by atoms with van der Waals surface area (Å²) in [5.74, 6) is 0.147. The maximum Gasteiger partial charge on any atom is 0.342 e. The highest BCUT2D eigenvalue weighted by atomic mass is 16.5. The summed E-state index contributed by atoms with van der Waals surface area (Å²) >= 11 is 0. The molecule has 0 spiro atoms. The van der Waals surface area contributed by atoms with E-state index in [0.717, 1.165) is 16.3 Å². The number of methoxy groups -OCH3 is 1. The minimum atomic E-state index is -0.389. The molecule has 0 bridgehead atoms. The third-order valence-corrected chi connectivity index (χ3v) is 3.52. The Labute approximate surface area is 129 Å². The molecule has 3 aromatic carbocycles. The Kier molecular flexibility index (Phi) is 4.05. The van der Waals surface area contributed by atoms with E-state index in [4.69, 9.17) is 9.47 Å². The van der Waals surface area contributed by atoms with Crippen LogP contribution in [-0.2, 0) is 11.3 Å². The van der Waals surface area contributed by atoms with Crippen molar-refractivity contribution >= 4 is 16.7 Å². The van der Waals surface area contributed by atoms with Crippen molar-refractivity contribution in [3.8, 4) is 5.75 Å². The van der Waals surface area contributed by atoms with E-state index in [1.54, 1.807) is 0 Å². The van der Waals surface area contributed by atoms with Crippen molar-refractivity contribution in [2.45, 2.75) is 6.61 Å². The molecule has 0 aliphatic carbocycles. The summed E-state index contributed by atoms with van der Waals surface area (Å²) in [6.45, 7) is 0.406. The quantitative estimate of drug-likeness (QED) is 0.676. The molecule has 0 fully saturated rings. The smallest absolute Gasteiger partial charge is 0.342 e. The first-order chi connectivity index (χ1) is 10.8. The van der Waals surface area contributed by atoms with E-state index in [2.05, 4.69) is 0 Å². The van der Waals surface area contributed by atoms with Crippen LogP contribution in [0.5, 0.6) is 5.75 Å². The minimum Gasteiger partial charge on any atom is -0.488 e. The fraction of sp³-hybridized carbons (Fsp3) is 0.105. The molecule has 0 saturated heterocycles.